The largest absolute Gasteiger partial charge is 0.460 e. The summed E-state index contributed by atoms with van der Waals surface area (Å²) in [5, 5.41) is 8.27. The van der Waals surface area contributed by atoms with E-state index in [0.29, 0.717) is 23.8 Å². The number of amidine groups is 1. The van der Waals surface area contributed by atoms with Crippen molar-refractivity contribution in [1.29, 1.82) is 5.41 Å². The fraction of sp³-hybridized carbons (Fsp3) is 0.238. The van der Waals surface area contributed by atoms with Crippen molar-refractivity contribution in [2.75, 3.05) is 17.3 Å². The lowest BCUT2D eigenvalue weighted by atomic mass is 10.1. The number of rotatable bonds is 7. The second kappa shape index (κ2) is 8.41. The van der Waals surface area contributed by atoms with E-state index in [-0.39, 0.29) is 17.7 Å². The third-order valence-electron chi connectivity index (χ3n) is 4.14. The minimum Gasteiger partial charge on any atom is -0.460 e. The van der Waals surface area contributed by atoms with E-state index in [1.807, 2.05) is 56.3 Å². The summed E-state index contributed by atoms with van der Waals surface area (Å²) in [5.41, 5.74) is 3.62. The van der Waals surface area contributed by atoms with Crippen LogP contribution in [0.4, 0.5) is 5.69 Å². The highest BCUT2D eigenvalue weighted by Gasteiger charge is 2.30. The Kier molecular flexibility index (Phi) is 5.98. The fourth-order valence-corrected chi connectivity index (χ4v) is 3.47. The maximum atomic E-state index is 12.2. The van der Waals surface area contributed by atoms with Gasteiger partial charge in [-0.2, -0.15) is 0 Å². The molecule has 3 rings (SSSR count). The van der Waals surface area contributed by atoms with Crippen LogP contribution in [0.25, 0.3) is 0 Å². The predicted molar refractivity (Wildman–Crippen MR) is 109 cm³/mol. The zero-order chi connectivity index (χ0) is 19.4. The van der Waals surface area contributed by atoms with E-state index in [2.05, 4.69) is 6.58 Å². The van der Waals surface area contributed by atoms with E-state index in [1.54, 1.807) is 0 Å². The molecular weight excluding hydrogens is 360 g/mol. The molecule has 1 heterocycles. The molecule has 6 heteroatoms. The molecule has 1 fully saturated rings. The summed E-state index contributed by atoms with van der Waals surface area (Å²) in [4.78, 5) is 13.6. The highest BCUT2D eigenvalue weighted by atomic mass is 32.2. The number of carbonyl (C=O) groups excluding carboxylic acids is 1. The summed E-state index contributed by atoms with van der Waals surface area (Å²) in [6.07, 6.45) is 0. The van der Waals surface area contributed by atoms with Gasteiger partial charge in [0.2, 0.25) is 5.91 Å². The van der Waals surface area contributed by atoms with E-state index in [9.17, 15) is 4.79 Å². The highest BCUT2D eigenvalue weighted by Crippen LogP contribution is 2.30. The summed E-state index contributed by atoms with van der Waals surface area (Å²) in [7, 11) is 0. The lowest BCUT2D eigenvalue weighted by Crippen LogP contribution is -2.29. The highest BCUT2D eigenvalue weighted by molar-refractivity contribution is 8.15. The molecule has 0 radical (unpaired) electrons. The number of benzene rings is 2. The van der Waals surface area contributed by atoms with Gasteiger partial charge in [-0.1, -0.05) is 48.7 Å². The van der Waals surface area contributed by atoms with Crippen LogP contribution in [-0.4, -0.2) is 23.4 Å². The van der Waals surface area contributed by atoms with Gasteiger partial charge < -0.3 is 9.47 Å². The van der Waals surface area contributed by atoms with Gasteiger partial charge in [-0.25, -0.2) is 0 Å². The topological polar surface area (TPSA) is 62.6 Å². The van der Waals surface area contributed by atoms with E-state index in [0.717, 1.165) is 22.4 Å². The first-order valence-electron chi connectivity index (χ1n) is 8.58. The molecule has 0 saturated carbocycles. The number of ether oxygens (including phenoxy) is 2. The molecule has 27 heavy (non-hydrogen) atoms. The maximum Gasteiger partial charge on any atom is 0.243 e. The molecule has 1 saturated heterocycles. The van der Waals surface area contributed by atoms with Crippen molar-refractivity contribution in [1.82, 2.24) is 0 Å². The van der Waals surface area contributed by atoms with Gasteiger partial charge in [0.1, 0.15) is 18.1 Å². The predicted octanol–water partition coefficient (Wildman–Crippen LogP) is 4.43. The third-order valence-corrected chi connectivity index (χ3v) is 4.98. The number of hydrogen-bond acceptors (Lipinski definition) is 5. The van der Waals surface area contributed by atoms with E-state index in [4.69, 9.17) is 14.9 Å². The number of hydrogen-bond donors (Lipinski definition) is 1. The molecule has 1 aliphatic rings. The SMILES string of the molecule is C=C(COCc1ccc(C)cc1N1C(=N)SCC1=O)Oc1ccccc1C. The number of anilines is 1. The first-order chi connectivity index (χ1) is 13.0. The molecule has 1 amide bonds. The minimum absolute atomic E-state index is 0.0795. The molecule has 2 aromatic carbocycles. The van der Waals surface area contributed by atoms with Crippen molar-refractivity contribution < 1.29 is 14.3 Å². The number of carbonyl (C=O) groups is 1. The van der Waals surface area contributed by atoms with Crippen molar-refractivity contribution in [2.24, 2.45) is 0 Å². The number of nitrogens with one attached hydrogen (secondary N) is 1. The zero-order valence-corrected chi connectivity index (χ0v) is 16.3. The van der Waals surface area contributed by atoms with Crippen molar-refractivity contribution in [3.8, 4) is 5.75 Å². The van der Waals surface area contributed by atoms with Crippen LogP contribution >= 0.6 is 11.8 Å². The molecule has 1 aliphatic heterocycles. The quantitative estimate of drug-likeness (QED) is 0.720. The van der Waals surface area contributed by atoms with Gasteiger partial charge in [-0.05, 0) is 37.1 Å². The maximum absolute atomic E-state index is 12.2. The molecule has 0 unspecified atom stereocenters. The minimum atomic E-state index is -0.0795. The summed E-state index contributed by atoms with van der Waals surface area (Å²) >= 11 is 1.24. The van der Waals surface area contributed by atoms with Gasteiger partial charge in [0.05, 0.1) is 18.0 Å². The Labute approximate surface area is 163 Å². The standard InChI is InChI=1S/C21H22N2O3S/c1-14-8-9-17(18(10-14)23-20(24)13-27-21(23)22)12-25-11-16(3)26-19-7-5-4-6-15(19)2/h4-10,22H,3,11-13H2,1-2H3. The van der Waals surface area contributed by atoms with Crippen molar-refractivity contribution in [3.05, 3.63) is 71.5 Å². The molecule has 0 bridgehead atoms. The molecule has 5 nitrogen and oxygen atoms in total. The molecule has 0 aromatic heterocycles. The summed E-state index contributed by atoms with van der Waals surface area (Å²) in [6, 6.07) is 13.5. The second-order valence-electron chi connectivity index (χ2n) is 6.35. The van der Waals surface area contributed by atoms with Gasteiger partial charge >= 0.3 is 0 Å². The van der Waals surface area contributed by atoms with Crippen LogP contribution in [0, 0.1) is 19.3 Å². The van der Waals surface area contributed by atoms with E-state index < -0.39 is 0 Å². The van der Waals surface area contributed by atoms with E-state index >= 15 is 0 Å². The van der Waals surface area contributed by atoms with Crippen molar-refractivity contribution in [2.45, 2.75) is 20.5 Å². The Morgan fingerprint density at radius 2 is 2.04 bits per heavy atom. The molecule has 0 atom stereocenters. The van der Waals surface area contributed by atoms with Crippen LogP contribution in [0.15, 0.2) is 54.8 Å². The van der Waals surface area contributed by atoms with Gasteiger partial charge in [0.25, 0.3) is 0 Å². The lowest BCUT2D eigenvalue weighted by Gasteiger charge is -2.20. The first kappa shape index (κ1) is 19.2. The van der Waals surface area contributed by atoms with Gasteiger partial charge in [-0.3, -0.25) is 15.1 Å². The molecular formula is C21H22N2O3S. The van der Waals surface area contributed by atoms with Crippen LogP contribution in [-0.2, 0) is 16.1 Å². The number of nitrogens with zero attached hydrogens (tertiary/aromatic N) is 1. The lowest BCUT2D eigenvalue weighted by molar-refractivity contribution is -0.115. The Morgan fingerprint density at radius 1 is 1.26 bits per heavy atom. The van der Waals surface area contributed by atoms with E-state index in [1.165, 1.54) is 16.7 Å². The summed E-state index contributed by atoms with van der Waals surface area (Å²) in [5.74, 6) is 1.49. The Bertz CT molecular complexity index is 879. The van der Waals surface area contributed by atoms with Crippen LogP contribution in [0.2, 0.25) is 0 Å². The Hall–Kier alpha value is -2.57. The van der Waals surface area contributed by atoms with Gasteiger partial charge in [0, 0.05) is 5.56 Å². The third kappa shape index (κ3) is 4.59. The Morgan fingerprint density at radius 3 is 2.74 bits per heavy atom. The van der Waals surface area contributed by atoms with Crippen molar-refractivity contribution in [3.63, 3.8) is 0 Å². The average molecular weight is 382 g/mol. The second-order valence-corrected chi connectivity index (χ2v) is 7.32. The van der Waals surface area contributed by atoms with Crippen LogP contribution in [0.1, 0.15) is 16.7 Å². The number of para-hydroxylation sites is 1. The first-order valence-corrected chi connectivity index (χ1v) is 9.57. The molecule has 0 aliphatic carbocycles. The average Bonchev–Trinajstić information content (AvgIpc) is 2.96. The number of amides is 1. The van der Waals surface area contributed by atoms with Gasteiger partial charge in [-0.15, -0.1) is 0 Å². The summed E-state index contributed by atoms with van der Waals surface area (Å²) < 4.78 is 11.5. The molecule has 2 aromatic rings. The zero-order valence-electron chi connectivity index (χ0n) is 15.5. The van der Waals surface area contributed by atoms with Crippen LogP contribution < -0.4 is 9.64 Å². The summed E-state index contributed by atoms with van der Waals surface area (Å²) in [6.45, 7) is 8.38. The van der Waals surface area contributed by atoms with Crippen LogP contribution in [0.5, 0.6) is 5.75 Å². The molecule has 1 N–H and O–H groups in total. The Balaban J connectivity index is 1.64. The number of thioether (sulfide) groups is 1. The van der Waals surface area contributed by atoms with Crippen molar-refractivity contribution >= 4 is 28.5 Å². The monoisotopic (exact) mass is 382 g/mol. The fourth-order valence-electron chi connectivity index (χ4n) is 2.75. The molecule has 0 spiro atoms. The van der Waals surface area contributed by atoms with Gasteiger partial charge in [0.15, 0.2) is 5.17 Å². The van der Waals surface area contributed by atoms with Crippen LogP contribution in [0.3, 0.4) is 0 Å². The molecule has 140 valence electrons. The number of aryl methyl sites for hydroxylation is 2. The normalized spacial score (nSPS) is 13.9. The smallest absolute Gasteiger partial charge is 0.243 e.